The van der Waals surface area contributed by atoms with Gasteiger partial charge in [0.15, 0.2) is 9.84 Å². The molecular formula is C16H22N2O4S. The Morgan fingerprint density at radius 2 is 1.87 bits per heavy atom. The van der Waals surface area contributed by atoms with Crippen LogP contribution in [0.3, 0.4) is 0 Å². The van der Waals surface area contributed by atoms with Gasteiger partial charge < -0.3 is 10.6 Å². The topological polar surface area (TPSA) is 92.3 Å². The number of carbonyl (C=O) groups excluding carboxylic acids is 2. The molecule has 1 aromatic rings. The highest BCUT2D eigenvalue weighted by atomic mass is 32.2. The molecule has 0 radical (unpaired) electrons. The standard InChI is InChI=1S/C16H22N2O4S/c1-23(21,22)14-9-5-6-12(10-14)16(20)17-11-15(19)18-13-7-3-2-4-8-13/h5-6,9-10,13H,2-4,7-8,11H2,1H3,(H,17,20)(H,18,19). The van der Waals surface area contributed by atoms with E-state index in [1.807, 2.05) is 0 Å². The summed E-state index contributed by atoms with van der Waals surface area (Å²) in [5.41, 5.74) is 0.221. The van der Waals surface area contributed by atoms with Crippen molar-refractivity contribution in [2.24, 2.45) is 0 Å². The molecule has 2 amide bonds. The molecule has 0 saturated heterocycles. The van der Waals surface area contributed by atoms with Gasteiger partial charge in [0, 0.05) is 17.9 Å². The smallest absolute Gasteiger partial charge is 0.251 e. The molecule has 1 aromatic carbocycles. The molecule has 0 aromatic heterocycles. The van der Waals surface area contributed by atoms with Crippen molar-refractivity contribution in [2.45, 2.75) is 43.0 Å². The lowest BCUT2D eigenvalue weighted by Crippen LogP contribution is -2.42. The number of carbonyl (C=O) groups is 2. The normalized spacial score (nSPS) is 15.9. The Labute approximate surface area is 136 Å². The Kier molecular flexibility index (Phi) is 5.76. The minimum atomic E-state index is -3.37. The van der Waals surface area contributed by atoms with Crippen molar-refractivity contribution in [3.63, 3.8) is 0 Å². The Bertz CT molecular complexity index is 679. The molecule has 2 rings (SSSR count). The number of rotatable bonds is 5. The third kappa shape index (κ3) is 5.35. The molecule has 1 fully saturated rings. The maximum Gasteiger partial charge on any atom is 0.251 e. The molecule has 0 heterocycles. The lowest BCUT2D eigenvalue weighted by atomic mass is 9.95. The zero-order chi connectivity index (χ0) is 16.9. The highest BCUT2D eigenvalue weighted by Crippen LogP contribution is 2.17. The third-order valence-electron chi connectivity index (χ3n) is 3.90. The summed E-state index contributed by atoms with van der Waals surface area (Å²) < 4.78 is 23.0. The third-order valence-corrected chi connectivity index (χ3v) is 5.01. The summed E-state index contributed by atoms with van der Waals surface area (Å²) in [6.45, 7) is -0.113. The van der Waals surface area contributed by atoms with Crippen molar-refractivity contribution in [1.82, 2.24) is 10.6 Å². The van der Waals surface area contributed by atoms with Crippen LogP contribution in [0.4, 0.5) is 0 Å². The Hall–Kier alpha value is -1.89. The molecule has 0 bridgehead atoms. The molecule has 0 spiro atoms. The number of hydrogen-bond donors (Lipinski definition) is 2. The Morgan fingerprint density at radius 3 is 2.52 bits per heavy atom. The first-order valence-corrected chi connectivity index (χ1v) is 9.63. The quantitative estimate of drug-likeness (QED) is 0.845. The fraction of sp³-hybridized carbons (Fsp3) is 0.500. The molecule has 1 aliphatic rings. The lowest BCUT2D eigenvalue weighted by molar-refractivity contribution is -0.121. The maximum atomic E-state index is 12.0. The van der Waals surface area contributed by atoms with Crippen LogP contribution < -0.4 is 10.6 Å². The van der Waals surface area contributed by atoms with Gasteiger partial charge in [0.1, 0.15) is 0 Å². The summed E-state index contributed by atoms with van der Waals surface area (Å²) in [6.07, 6.45) is 6.50. The summed E-state index contributed by atoms with van der Waals surface area (Å²) in [4.78, 5) is 24.0. The van der Waals surface area contributed by atoms with Gasteiger partial charge in [-0.15, -0.1) is 0 Å². The summed E-state index contributed by atoms with van der Waals surface area (Å²) >= 11 is 0. The van der Waals surface area contributed by atoms with E-state index in [1.54, 1.807) is 0 Å². The van der Waals surface area contributed by atoms with Crippen LogP contribution in [-0.4, -0.2) is 39.1 Å². The van der Waals surface area contributed by atoms with E-state index in [0.29, 0.717) is 0 Å². The summed E-state index contributed by atoms with van der Waals surface area (Å²) in [5, 5.41) is 5.43. The van der Waals surface area contributed by atoms with Crippen molar-refractivity contribution in [2.75, 3.05) is 12.8 Å². The molecule has 6 nitrogen and oxygen atoms in total. The maximum absolute atomic E-state index is 12.0. The van der Waals surface area contributed by atoms with Gasteiger partial charge in [-0.1, -0.05) is 25.3 Å². The minimum absolute atomic E-state index is 0.0804. The SMILES string of the molecule is CS(=O)(=O)c1cccc(C(=O)NCC(=O)NC2CCCCC2)c1. The van der Waals surface area contributed by atoms with Crippen LogP contribution in [0.2, 0.25) is 0 Å². The zero-order valence-electron chi connectivity index (χ0n) is 13.2. The van der Waals surface area contributed by atoms with Crippen LogP contribution in [0.25, 0.3) is 0 Å². The summed E-state index contributed by atoms with van der Waals surface area (Å²) in [6, 6.07) is 5.96. The predicted octanol–water partition coefficient (Wildman–Crippen LogP) is 1.27. The van der Waals surface area contributed by atoms with Gasteiger partial charge in [-0.2, -0.15) is 0 Å². The van der Waals surface area contributed by atoms with Gasteiger partial charge in [-0.25, -0.2) is 8.42 Å². The van der Waals surface area contributed by atoms with Gasteiger partial charge in [0.25, 0.3) is 5.91 Å². The molecule has 1 saturated carbocycles. The first-order valence-electron chi connectivity index (χ1n) is 7.74. The van der Waals surface area contributed by atoms with Crippen LogP contribution in [0, 0.1) is 0 Å². The van der Waals surface area contributed by atoms with E-state index in [1.165, 1.54) is 30.7 Å². The fourth-order valence-electron chi connectivity index (χ4n) is 2.66. The van der Waals surface area contributed by atoms with Gasteiger partial charge >= 0.3 is 0 Å². The highest BCUT2D eigenvalue weighted by molar-refractivity contribution is 7.90. The average Bonchev–Trinajstić information content (AvgIpc) is 2.53. The largest absolute Gasteiger partial charge is 0.352 e. The second kappa shape index (κ2) is 7.59. The zero-order valence-corrected chi connectivity index (χ0v) is 14.0. The predicted molar refractivity (Wildman–Crippen MR) is 86.9 cm³/mol. The molecule has 0 atom stereocenters. The van der Waals surface area contributed by atoms with Gasteiger partial charge in [0.05, 0.1) is 11.4 Å². The second-order valence-corrected chi connectivity index (χ2v) is 7.90. The molecular weight excluding hydrogens is 316 g/mol. The highest BCUT2D eigenvalue weighted by Gasteiger charge is 2.16. The van der Waals surface area contributed by atoms with Gasteiger partial charge in [0.2, 0.25) is 5.91 Å². The number of benzene rings is 1. The van der Waals surface area contributed by atoms with E-state index in [0.717, 1.165) is 31.9 Å². The van der Waals surface area contributed by atoms with E-state index < -0.39 is 15.7 Å². The van der Waals surface area contributed by atoms with Crippen LogP contribution in [-0.2, 0) is 14.6 Å². The first kappa shape index (κ1) is 17.5. The van der Waals surface area contributed by atoms with Crippen LogP contribution in [0.15, 0.2) is 29.2 Å². The van der Waals surface area contributed by atoms with Crippen LogP contribution in [0.1, 0.15) is 42.5 Å². The van der Waals surface area contributed by atoms with Crippen molar-refractivity contribution in [1.29, 1.82) is 0 Å². The van der Waals surface area contributed by atoms with Crippen LogP contribution in [0.5, 0.6) is 0 Å². The molecule has 23 heavy (non-hydrogen) atoms. The minimum Gasteiger partial charge on any atom is -0.352 e. The number of sulfone groups is 1. The first-order chi connectivity index (χ1) is 10.9. The van der Waals surface area contributed by atoms with E-state index >= 15 is 0 Å². The van der Waals surface area contributed by atoms with Crippen molar-refractivity contribution < 1.29 is 18.0 Å². The Balaban J connectivity index is 1.88. The van der Waals surface area contributed by atoms with E-state index in [-0.39, 0.29) is 29.0 Å². The summed E-state index contributed by atoms with van der Waals surface area (Å²) in [5.74, 6) is -0.682. The summed E-state index contributed by atoms with van der Waals surface area (Å²) in [7, 11) is -3.37. The molecule has 126 valence electrons. The van der Waals surface area contributed by atoms with Crippen molar-refractivity contribution in [3.05, 3.63) is 29.8 Å². The molecule has 1 aliphatic carbocycles. The molecule has 0 unspecified atom stereocenters. The monoisotopic (exact) mass is 338 g/mol. The molecule has 7 heteroatoms. The second-order valence-electron chi connectivity index (χ2n) is 5.89. The van der Waals surface area contributed by atoms with Gasteiger partial charge in [-0.3, -0.25) is 9.59 Å². The fourth-order valence-corrected chi connectivity index (χ4v) is 3.32. The molecule has 2 N–H and O–H groups in total. The van der Waals surface area contributed by atoms with Crippen molar-refractivity contribution >= 4 is 21.7 Å². The van der Waals surface area contributed by atoms with E-state index in [4.69, 9.17) is 0 Å². The number of amides is 2. The average molecular weight is 338 g/mol. The number of nitrogens with one attached hydrogen (secondary N) is 2. The van der Waals surface area contributed by atoms with Crippen molar-refractivity contribution in [3.8, 4) is 0 Å². The van der Waals surface area contributed by atoms with Gasteiger partial charge in [-0.05, 0) is 31.0 Å². The van der Waals surface area contributed by atoms with E-state index in [2.05, 4.69) is 10.6 Å². The Morgan fingerprint density at radius 1 is 1.17 bits per heavy atom. The lowest BCUT2D eigenvalue weighted by Gasteiger charge is -2.22. The molecule has 0 aliphatic heterocycles. The van der Waals surface area contributed by atoms with E-state index in [9.17, 15) is 18.0 Å². The number of hydrogen-bond acceptors (Lipinski definition) is 4. The van der Waals surface area contributed by atoms with Crippen LogP contribution >= 0.6 is 0 Å².